The van der Waals surface area contributed by atoms with Crippen LogP contribution in [0.4, 0.5) is 0 Å². The fourth-order valence-electron chi connectivity index (χ4n) is 4.59. The maximum absolute atomic E-state index is 10.7. The van der Waals surface area contributed by atoms with Gasteiger partial charge in [-0.1, -0.05) is 37.6 Å². The topological polar surface area (TPSA) is 109 Å². The lowest BCUT2D eigenvalue weighted by atomic mass is 9.82. The van der Waals surface area contributed by atoms with Crippen LogP contribution in [0.15, 0.2) is 30.3 Å². The van der Waals surface area contributed by atoms with Crippen LogP contribution in [0.1, 0.15) is 49.1 Å². The summed E-state index contributed by atoms with van der Waals surface area (Å²) in [5, 5.41) is 41.5. The first-order chi connectivity index (χ1) is 15.7. The van der Waals surface area contributed by atoms with Crippen molar-refractivity contribution in [3.8, 4) is 11.5 Å². The molecule has 0 amide bonds. The average Bonchev–Trinajstić information content (AvgIpc) is 3.11. The summed E-state index contributed by atoms with van der Waals surface area (Å²) in [6.45, 7) is 6.49. The second-order valence-corrected chi connectivity index (χ2v) is 9.70. The highest BCUT2D eigenvalue weighted by Gasteiger charge is 2.47. The molecule has 2 heterocycles. The second-order valence-electron chi connectivity index (χ2n) is 9.32. The smallest absolute Gasteiger partial charge is 0.130 e. The van der Waals surface area contributed by atoms with Gasteiger partial charge in [0.2, 0.25) is 0 Å². The molecule has 0 radical (unpaired) electrons. The van der Waals surface area contributed by atoms with Crippen molar-refractivity contribution >= 4 is 11.6 Å². The van der Waals surface area contributed by atoms with Crippen molar-refractivity contribution in [2.75, 3.05) is 19.8 Å². The number of ether oxygens (including phenoxy) is 3. The summed E-state index contributed by atoms with van der Waals surface area (Å²) in [5.74, 6) is 1.31. The third-order valence-corrected chi connectivity index (χ3v) is 6.83. The van der Waals surface area contributed by atoms with Crippen molar-refractivity contribution < 1.29 is 34.6 Å². The summed E-state index contributed by atoms with van der Waals surface area (Å²) >= 11 is 6.89. The largest absolute Gasteiger partial charge is 0.494 e. The highest BCUT2D eigenvalue weighted by molar-refractivity contribution is 6.32. The van der Waals surface area contributed by atoms with Gasteiger partial charge in [0.05, 0.1) is 24.8 Å². The lowest BCUT2D eigenvalue weighted by Gasteiger charge is -2.40. The Balaban J connectivity index is 1.77. The molecule has 2 aliphatic rings. The highest BCUT2D eigenvalue weighted by Crippen LogP contribution is 2.50. The zero-order valence-corrected chi connectivity index (χ0v) is 19.7. The quantitative estimate of drug-likeness (QED) is 0.505. The number of aliphatic hydroxyl groups excluding tert-OH is 4. The molecule has 5 atom stereocenters. The number of benzene rings is 2. The van der Waals surface area contributed by atoms with Gasteiger partial charge in [0.1, 0.15) is 42.0 Å². The highest BCUT2D eigenvalue weighted by atomic mass is 35.5. The van der Waals surface area contributed by atoms with Crippen molar-refractivity contribution in [3.05, 3.63) is 57.6 Å². The zero-order chi connectivity index (χ0) is 23.9. The van der Waals surface area contributed by atoms with Gasteiger partial charge in [-0.05, 0) is 42.7 Å². The van der Waals surface area contributed by atoms with E-state index in [0.29, 0.717) is 36.0 Å². The zero-order valence-electron chi connectivity index (χ0n) is 19.0. The first-order valence-electron chi connectivity index (χ1n) is 11.2. The molecule has 4 rings (SSSR count). The monoisotopic (exact) mass is 478 g/mol. The second kappa shape index (κ2) is 9.41. The molecule has 180 valence electrons. The maximum Gasteiger partial charge on any atom is 0.130 e. The number of hydrogen-bond acceptors (Lipinski definition) is 7. The van der Waals surface area contributed by atoms with Crippen molar-refractivity contribution in [2.45, 2.75) is 63.1 Å². The van der Waals surface area contributed by atoms with Gasteiger partial charge in [0, 0.05) is 16.5 Å². The molecule has 0 aromatic heterocycles. The van der Waals surface area contributed by atoms with Gasteiger partial charge in [-0.15, -0.1) is 0 Å². The average molecular weight is 479 g/mol. The van der Waals surface area contributed by atoms with Crippen LogP contribution in [0.3, 0.4) is 0 Å². The Morgan fingerprint density at radius 2 is 1.79 bits per heavy atom. The minimum Gasteiger partial charge on any atom is -0.494 e. The van der Waals surface area contributed by atoms with Gasteiger partial charge in [-0.25, -0.2) is 0 Å². The number of aliphatic hydroxyl groups is 4. The SMILES string of the molecule is CCOc1ccc(Cc2cc([C@@H]3OC(CO)[C@@H](O)[C@H](O)[C@H]3O)c3c(c2Cl)C(C)(C)CO3)cc1. The molecule has 0 bridgehead atoms. The van der Waals surface area contributed by atoms with E-state index in [0.717, 1.165) is 22.4 Å². The van der Waals surface area contributed by atoms with E-state index in [1.54, 1.807) is 0 Å². The van der Waals surface area contributed by atoms with Crippen LogP contribution in [0, 0.1) is 0 Å². The van der Waals surface area contributed by atoms with Crippen molar-refractivity contribution in [2.24, 2.45) is 0 Å². The third kappa shape index (κ3) is 4.46. The van der Waals surface area contributed by atoms with E-state index in [1.165, 1.54) is 0 Å². The fraction of sp³-hybridized carbons (Fsp3) is 0.520. The lowest BCUT2D eigenvalue weighted by molar-refractivity contribution is -0.232. The Hall–Kier alpha value is -1.87. The normalized spacial score (nSPS) is 28.3. The molecule has 0 spiro atoms. The summed E-state index contributed by atoms with van der Waals surface area (Å²) in [5.41, 5.74) is 2.84. The minimum absolute atomic E-state index is 0.371. The van der Waals surface area contributed by atoms with Crippen LogP contribution in [0.25, 0.3) is 0 Å². The van der Waals surface area contributed by atoms with E-state index in [1.807, 2.05) is 51.1 Å². The molecule has 4 N–H and O–H groups in total. The number of rotatable bonds is 6. The first-order valence-corrected chi connectivity index (χ1v) is 11.6. The predicted octanol–water partition coefficient (Wildman–Crippen LogP) is 2.51. The molecule has 2 aliphatic heterocycles. The Labute approximate surface area is 198 Å². The van der Waals surface area contributed by atoms with Gasteiger partial charge in [0.25, 0.3) is 0 Å². The van der Waals surface area contributed by atoms with Crippen molar-refractivity contribution in [1.29, 1.82) is 0 Å². The van der Waals surface area contributed by atoms with Crippen molar-refractivity contribution in [1.82, 2.24) is 0 Å². The standard InChI is InChI=1S/C25H31ClO7/c1-4-31-15-7-5-13(6-8-15)9-14-10-16(23-18(19(14)26)25(2,3)12-32-23)24-22(30)21(29)20(28)17(11-27)33-24/h5-8,10,17,20-22,24,27-30H,4,9,11-12H2,1-3H3/t17?,20-,21+,22-,24+/m1/s1. The Morgan fingerprint density at radius 1 is 1.09 bits per heavy atom. The minimum atomic E-state index is -1.48. The Bertz CT molecular complexity index is 989. The molecule has 1 unspecified atom stereocenters. The molecule has 8 heteroatoms. The molecule has 1 saturated heterocycles. The molecule has 1 fully saturated rings. The van der Waals surface area contributed by atoms with Gasteiger partial charge < -0.3 is 34.6 Å². The van der Waals surface area contributed by atoms with Crippen LogP contribution in [0.5, 0.6) is 11.5 Å². The molecule has 0 aliphatic carbocycles. The van der Waals surface area contributed by atoms with E-state index in [9.17, 15) is 20.4 Å². The predicted molar refractivity (Wildman–Crippen MR) is 123 cm³/mol. The summed E-state index contributed by atoms with van der Waals surface area (Å²) in [4.78, 5) is 0. The Morgan fingerprint density at radius 3 is 2.42 bits per heavy atom. The van der Waals surface area contributed by atoms with Gasteiger partial charge in [0.15, 0.2) is 0 Å². The summed E-state index contributed by atoms with van der Waals surface area (Å²) in [6.07, 6.45) is -5.79. The molecule has 7 nitrogen and oxygen atoms in total. The number of hydrogen-bond donors (Lipinski definition) is 4. The first kappa shape index (κ1) is 24.3. The van der Waals surface area contributed by atoms with Crippen molar-refractivity contribution in [3.63, 3.8) is 0 Å². The van der Waals surface area contributed by atoms with E-state index in [-0.39, 0.29) is 5.41 Å². The molecule has 2 aromatic rings. The van der Waals surface area contributed by atoms with Crippen LogP contribution in [-0.4, -0.2) is 64.7 Å². The molecule has 33 heavy (non-hydrogen) atoms. The van der Waals surface area contributed by atoms with Crippen LogP contribution >= 0.6 is 11.6 Å². The van der Waals surface area contributed by atoms with Gasteiger partial charge >= 0.3 is 0 Å². The molecular weight excluding hydrogens is 448 g/mol. The third-order valence-electron chi connectivity index (χ3n) is 6.40. The Kier molecular flexibility index (Phi) is 6.92. The van der Waals surface area contributed by atoms with E-state index in [2.05, 4.69) is 0 Å². The summed E-state index contributed by atoms with van der Waals surface area (Å²) in [7, 11) is 0. The van der Waals surface area contributed by atoms with Gasteiger partial charge in [-0.2, -0.15) is 0 Å². The number of fused-ring (bicyclic) bond motifs is 1. The van der Waals surface area contributed by atoms with Gasteiger partial charge in [-0.3, -0.25) is 0 Å². The lowest BCUT2D eigenvalue weighted by Crippen LogP contribution is -2.55. The van der Waals surface area contributed by atoms with Crippen LogP contribution in [0.2, 0.25) is 5.02 Å². The molecule has 2 aromatic carbocycles. The molecular formula is C25H31ClO7. The maximum atomic E-state index is 10.7. The van der Waals surface area contributed by atoms with E-state index < -0.39 is 37.1 Å². The van der Waals surface area contributed by atoms with Crippen LogP contribution < -0.4 is 9.47 Å². The van der Waals surface area contributed by atoms with E-state index in [4.69, 9.17) is 25.8 Å². The fourth-order valence-corrected chi connectivity index (χ4v) is 5.06. The summed E-state index contributed by atoms with van der Waals surface area (Å²) in [6, 6.07) is 9.59. The molecule has 0 saturated carbocycles. The van der Waals surface area contributed by atoms with Crippen LogP contribution in [-0.2, 0) is 16.6 Å². The van der Waals surface area contributed by atoms with E-state index >= 15 is 0 Å². The summed E-state index contributed by atoms with van der Waals surface area (Å²) < 4.78 is 17.4. The number of halogens is 1.